The Hall–Kier alpha value is -2.61. The van der Waals surface area contributed by atoms with Crippen LogP contribution in [0.25, 0.3) is 0 Å². The molecular formula is C27H42N4O4. The molecule has 2 fully saturated rings. The molecule has 0 radical (unpaired) electrons. The summed E-state index contributed by atoms with van der Waals surface area (Å²) in [5.74, 6) is 0.146. The van der Waals surface area contributed by atoms with Gasteiger partial charge in [-0.15, -0.1) is 0 Å². The van der Waals surface area contributed by atoms with Crippen LogP contribution < -0.4 is 16.0 Å². The van der Waals surface area contributed by atoms with E-state index in [9.17, 15) is 14.4 Å². The second kappa shape index (κ2) is 12.9. The van der Waals surface area contributed by atoms with Crippen LogP contribution in [0.5, 0.6) is 0 Å². The van der Waals surface area contributed by atoms with Crippen molar-refractivity contribution in [1.29, 1.82) is 0 Å². The highest BCUT2D eigenvalue weighted by molar-refractivity contribution is 6.01. The summed E-state index contributed by atoms with van der Waals surface area (Å²) < 4.78 is 5.24. The van der Waals surface area contributed by atoms with Gasteiger partial charge in [-0.1, -0.05) is 25.0 Å². The molecule has 2 aliphatic rings. The number of imide groups is 1. The van der Waals surface area contributed by atoms with Crippen molar-refractivity contribution in [2.24, 2.45) is 0 Å². The molecule has 1 atom stereocenters. The van der Waals surface area contributed by atoms with Gasteiger partial charge in [-0.25, -0.2) is 4.79 Å². The SMILES string of the molecule is CC(C)(C)OC(=O)NCCCCCCN1CCC(c2ccc(NC3CCC(=O)NC3=O)cc2)CC1. The van der Waals surface area contributed by atoms with Crippen LogP contribution in [0, 0.1) is 0 Å². The largest absolute Gasteiger partial charge is 0.444 e. The minimum absolute atomic E-state index is 0.192. The fourth-order valence-electron chi connectivity index (χ4n) is 4.69. The highest BCUT2D eigenvalue weighted by atomic mass is 16.6. The quantitative estimate of drug-likeness (QED) is 0.339. The Balaban J connectivity index is 1.26. The van der Waals surface area contributed by atoms with Gasteiger partial charge < -0.3 is 20.3 Å². The summed E-state index contributed by atoms with van der Waals surface area (Å²) >= 11 is 0. The topological polar surface area (TPSA) is 99.8 Å². The van der Waals surface area contributed by atoms with Crippen LogP contribution in [0.15, 0.2) is 24.3 Å². The summed E-state index contributed by atoms with van der Waals surface area (Å²) in [4.78, 5) is 37.4. The average Bonchev–Trinajstić information content (AvgIpc) is 2.80. The van der Waals surface area contributed by atoms with Gasteiger partial charge >= 0.3 is 6.09 Å². The first-order valence-electron chi connectivity index (χ1n) is 13.1. The molecule has 0 bridgehead atoms. The average molecular weight is 487 g/mol. The van der Waals surface area contributed by atoms with E-state index in [2.05, 4.69) is 33.0 Å². The number of carbonyl (C=O) groups excluding carboxylic acids is 3. The number of nitrogens with zero attached hydrogens (tertiary/aromatic N) is 1. The zero-order chi connectivity index (χ0) is 25.3. The normalized spacial score (nSPS) is 19.8. The van der Waals surface area contributed by atoms with Crippen molar-refractivity contribution < 1.29 is 19.1 Å². The monoisotopic (exact) mass is 486 g/mol. The predicted octanol–water partition coefficient (Wildman–Crippen LogP) is 4.17. The van der Waals surface area contributed by atoms with Gasteiger partial charge in [0.05, 0.1) is 0 Å². The molecule has 0 aromatic heterocycles. The molecule has 1 aromatic carbocycles. The van der Waals surface area contributed by atoms with Gasteiger partial charge in [0.25, 0.3) is 0 Å². The summed E-state index contributed by atoms with van der Waals surface area (Å²) in [6.45, 7) is 9.67. The van der Waals surface area contributed by atoms with E-state index in [0.717, 1.165) is 38.2 Å². The molecular weight excluding hydrogens is 444 g/mol. The lowest BCUT2D eigenvalue weighted by atomic mass is 9.89. The number of amides is 3. The number of nitrogens with one attached hydrogen (secondary N) is 3. The van der Waals surface area contributed by atoms with Gasteiger partial charge in [0.1, 0.15) is 11.6 Å². The highest BCUT2D eigenvalue weighted by Gasteiger charge is 2.26. The smallest absolute Gasteiger partial charge is 0.407 e. The third kappa shape index (κ3) is 9.51. The molecule has 2 saturated heterocycles. The molecule has 1 aromatic rings. The summed E-state index contributed by atoms with van der Waals surface area (Å²) in [6.07, 6.45) is 7.38. The van der Waals surface area contributed by atoms with Crippen LogP contribution in [0.2, 0.25) is 0 Å². The first kappa shape index (κ1) is 27.0. The second-order valence-electron chi connectivity index (χ2n) is 10.7. The Morgan fingerprint density at radius 2 is 1.71 bits per heavy atom. The van der Waals surface area contributed by atoms with Gasteiger partial charge in [0, 0.05) is 18.7 Å². The molecule has 194 valence electrons. The molecule has 0 saturated carbocycles. The van der Waals surface area contributed by atoms with Crippen LogP contribution in [0.3, 0.4) is 0 Å². The summed E-state index contributed by atoms with van der Waals surface area (Å²) in [7, 11) is 0. The van der Waals surface area contributed by atoms with E-state index >= 15 is 0 Å². The lowest BCUT2D eigenvalue weighted by Crippen LogP contribution is -2.47. The molecule has 3 amide bonds. The van der Waals surface area contributed by atoms with Gasteiger partial charge in [-0.3, -0.25) is 14.9 Å². The van der Waals surface area contributed by atoms with E-state index in [0.29, 0.717) is 25.3 Å². The molecule has 8 nitrogen and oxygen atoms in total. The maximum absolute atomic E-state index is 11.9. The zero-order valence-electron chi connectivity index (χ0n) is 21.5. The van der Waals surface area contributed by atoms with Crippen molar-refractivity contribution in [2.45, 2.75) is 89.7 Å². The molecule has 3 rings (SSSR count). The second-order valence-corrected chi connectivity index (χ2v) is 10.7. The van der Waals surface area contributed by atoms with Crippen molar-refractivity contribution in [2.75, 3.05) is 31.5 Å². The van der Waals surface area contributed by atoms with E-state index < -0.39 is 5.60 Å². The number of hydrogen-bond acceptors (Lipinski definition) is 6. The summed E-state index contributed by atoms with van der Waals surface area (Å²) in [6, 6.07) is 8.08. The molecule has 0 spiro atoms. The maximum Gasteiger partial charge on any atom is 0.407 e. The van der Waals surface area contributed by atoms with Crippen molar-refractivity contribution in [1.82, 2.24) is 15.5 Å². The minimum Gasteiger partial charge on any atom is -0.444 e. The first-order valence-corrected chi connectivity index (χ1v) is 13.1. The van der Waals surface area contributed by atoms with E-state index in [1.54, 1.807) is 0 Å². The van der Waals surface area contributed by atoms with E-state index in [4.69, 9.17) is 4.74 Å². The van der Waals surface area contributed by atoms with Gasteiger partial charge in [-0.2, -0.15) is 0 Å². The fraction of sp³-hybridized carbons (Fsp3) is 0.667. The highest BCUT2D eigenvalue weighted by Crippen LogP contribution is 2.29. The third-order valence-corrected chi connectivity index (χ3v) is 6.62. The number of rotatable bonds is 10. The van der Waals surface area contributed by atoms with E-state index in [1.807, 2.05) is 32.9 Å². The third-order valence-electron chi connectivity index (χ3n) is 6.62. The maximum atomic E-state index is 11.9. The first-order chi connectivity index (χ1) is 16.7. The van der Waals surface area contributed by atoms with E-state index in [-0.39, 0.29) is 23.9 Å². The number of unbranched alkanes of at least 4 members (excludes halogenated alkanes) is 3. The van der Waals surface area contributed by atoms with Gasteiger partial charge in [0.2, 0.25) is 11.8 Å². The Kier molecular flexibility index (Phi) is 9.95. The Morgan fingerprint density at radius 3 is 2.37 bits per heavy atom. The number of hydrogen-bond donors (Lipinski definition) is 3. The Bertz CT molecular complexity index is 842. The number of anilines is 1. The zero-order valence-corrected chi connectivity index (χ0v) is 21.5. The molecule has 8 heteroatoms. The minimum atomic E-state index is -0.449. The van der Waals surface area contributed by atoms with Gasteiger partial charge in [0.15, 0.2) is 0 Å². The lowest BCUT2D eigenvalue weighted by molar-refractivity contribution is -0.133. The van der Waals surface area contributed by atoms with Crippen LogP contribution in [-0.4, -0.2) is 60.6 Å². The molecule has 2 aliphatic heterocycles. The number of likely N-dealkylation sites (tertiary alicyclic amines) is 1. The molecule has 0 aliphatic carbocycles. The van der Waals surface area contributed by atoms with Crippen LogP contribution in [-0.2, 0) is 14.3 Å². The molecule has 3 N–H and O–H groups in total. The van der Waals surface area contributed by atoms with E-state index in [1.165, 1.54) is 31.2 Å². The standard InChI is InChI=1S/C27H42N4O4/c1-27(2,3)35-26(34)28-16-6-4-5-7-17-31-18-14-21(15-19-31)20-8-10-22(11-9-20)29-23-12-13-24(32)30-25(23)33/h8-11,21,23,29H,4-7,12-19H2,1-3H3,(H,28,34)(H,30,32,33). The summed E-state index contributed by atoms with van der Waals surface area (Å²) in [5.41, 5.74) is 1.83. The van der Waals surface area contributed by atoms with Crippen molar-refractivity contribution in [3.05, 3.63) is 29.8 Å². The van der Waals surface area contributed by atoms with Crippen LogP contribution >= 0.6 is 0 Å². The number of benzene rings is 1. The predicted molar refractivity (Wildman–Crippen MR) is 137 cm³/mol. The Labute approximate surface area is 209 Å². The van der Waals surface area contributed by atoms with Crippen LogP contribution in [0.1, 0.15) is 83.6 Å². The summed E-state index contributed by atoms with van der Waals surface area (Å²) in [5, 5.41) is 8.46. The molecule has 2 heterocycles. The van der Waals surface area contributed by atoms with Crippen molar-refractivity contribution in [3.8, 4) is 0 Å². The van der Waals surface area contributed by atoms with Gasteiger partial charge in [-0.05, 0) is 96.1 Å². The number of carbonyl (C=O) groups is 3. The molecule has 35 heavy (non-hydrogen) atoms. The van der Waals surface area contributed by atoms with Crippen molar-refractivity contribution in [3.63, 3.8) is 0 Å². The molecule has 1 unspecified atom stereocenters. The van der Waals surface area contributed by atoms with Crippen molar-refractivity contribution >= 4 is 23.6 Å². The number of ether oxygens (including phenoxy) is 1. The number of alkyl carbamates (subject to hydrolysis) is 1. The van der Waals surface area contributed by atoms with Crippen LogP contribution in [0.4, 0.5) is 10.5 Å². The fourth-order valence-corrected chi connectivity index (χ4v) is 4.69. The number of piperidine rings is 2. The lowest BCUT2D eigenvalue weighted by Gasteiger charge is -2.32. The Morgan fingerprint density at radius 1 is 1.03 bits per heavy atom.